The van der Waals surface area contributed by atoms with Crippen LogP contribution in [0.3, 0.4) is 0 Å². The van der Waals surface area contributed by atoms with Crippen LogP contribution in [-0.2, 0) is 6.42 Å². The molecule has 0 unspecified atom stereocenters. The molecule has 0 atom stereocenters. The molecule has 1 heterocycles. The van der Waals surface area contributed by atoms with E-state index in [9.17, 15) is 0 Å². The molecule has 1 fully saturated rings. The van der Waals surface area contributed by atoms with Crippen molar-refractivity contribution >= 4 is 11.6 Å². The lowest BCUT2D eigenvalue weighted by molar-refractivity contribution is 0.237. The van der Waals surface area contributed by atoms with Crippen molar-refractivity contribution in [3.63, 3.8) is 0 Å². The third-order valence-corrected chi connectivity index (χ3v) is 4.39. The SMILES string of the molecule is Cc1cc(Cl)c(CCCCN2CCNCC2)cc1C. The Hall–Kier alpha value is -0.570. The van der Waals surface area contributed by atoms with Crippen molar-refractivity contribution in [2.75, 3.05) is 32.7 Å². The quantitative estimate of drug-likeness (QED) is 0.834. The van der Waals surface area contributed by atoms with Gasteiger partial charge in [0.15, 0.2) is 0 Å². The second kappa shape index (κ2) is 7.28. The number of nitrogens with zero attached hydrogens (tertiary/aromatic N) is 1. The van der Waals surface area contributed by atoms with Crippen LogP contribution in [0.4, 0.5) is 0 Å². The molecule has 0 spiro atoms. The third kappa shape index (κ3) is 4.48. The van der Waals surface area contributed by atoms with Gasteiger partial charge in [0, 0.05) is 31.2 Å². The van der Waals surface area contributed by atoms with Crippen molar-refractivity contribution in [1.82, 2.24) is 10.2 Å². The Bertz CT molecular complexity index is 411. The van der Waals surface area contributed by atoms with Crippen molar-refractivity contribution in [3.8, 4) is 0 Å². The topological polar surface area (TPSA) is 15.3 Å². The van der Waals surface area contributed by atoms with Gasteiger partial charge in [-0.1, -0.05) is 17.7 Å². The molecule has 0 aliphatic carbocycles. The van der Waals surface area contributed by atoms with Crippen LogP contribution in [-0.4, -0.2) is 37.6 Å². The van der Waals surface area contributed by atoms with E-state index >= 15 is 0 Å². The number of halogens is 1. The van der Waals surface area contributed by atoms with Crippen LogP contribution in [0.25, 0.3) is 0 Å². The van der Waals surface area contributed by atoms with Crippen LogP contribution in [0, 0.1) is 13.8 Å². The minimum atomic E-state index is 0.935. The molecule has 1 aliphatic rings. The molecule has 1 N–H and O–H groups in total. The Kier molecular flexibility index (Phi) is 5.68. The Labute approximate surface area is 122 Å². The molecule has 1 saturated heterocycles. The molecule has 0 aromatic heterocycles. The van der Waals surface area contributed by atoms with E-state index in [2.05, 4.69) is 36.2 Å². The summed E-state index contributed by atoms with van der Waals surface area (Å²) in [5, 5.41) is 4.33. The maximum atomic E-state index is 6.31. The first-order valence-electron chi connectivity index (χ1n) is 7.35. The lowest BCUT2D eigenvalue weighted by atomic mass is 10.0. The van der Waals surface area contributed by atoms with E-state index < -0.39 is 0 Å². The van der Waals surface area contributed by atoms with E-state index in [1.807, 2.05) is 0 Å². The van der Waals surface area contributed by atoms with Gasteiger partial charge in [-0.2, -0.15) is 0 Å². The van der Waals surface area contributed by atoms with Crippen LogP contribution in [0.1, 0.15) is 29.5 Å². The first kappa shape index (κ1) is 14.8. The van der Waals surface area contributed by atoms with Gasteiger partial charge in [0.25, 0.3) is 0 Å². The summed E-state index contributed by atoms with van der Waals surface area (Å²) in [6, 6.07) is 4.35. The molecular weight excluding hydrogens is 256 g/mol. The summed E-state index contributed by atoms with van der Waals surface area (Å²) in [6.45, 7) is 10.2. The largest absolute Gasteiger partial charge is 0.314 e. The molecule has 0 amide bonds. The Balaban J connectivity index is 1.74. The zero-order valence-electron chi connectivity index (χ0n) is 12.1. The van der Waals surface area contributed by atoms with Crippen molar-refractivity contribution in [1.29, 1.82) is 0 Å². The van der Waals surface area contributed by atoms with Gasteiger partial charge < -0.3 is 10.2 Å². The van der Waals surface area contributed by atoms with E-state index in [0.29, 0.717) is 0 Å². The molecule has 2 nitrogen and oxygen atoms in total. The maximum absolute atomic E-state index is 6.31. The minimum Gasteiger partial charge on any atom is -0.314 e. The molecule has 1 aromatic carbocycles. The second-order valence-corrected chi connectivity index (χ2v) is 5.98. The Morgan fingerprint density at radius 1 is 1.11 bits per heavy atom. The van der Waals surface area contributed by atoms with Gasteiger partial charge >= 0.3 is 0 Å². The summed E-state index contributed by atoms with van der Waals surface area (Å²) in [4.78, 5) is 2.55. The van der Waals surface area contributed by atoms with Gasteiger partial charge in [-0.25, -0.2) is 0 Å². The monoisotopic (exact) mass is 280 g/mol. The summed E-state index contributed by atoms with van der Waals surface area (Å²) in [7, 11) is 0. The van der Waals surface area contributed by atoms with E-state index in [-0.39, 0.29) is 0 Å². The predicted molar refractivity (Wildman–Crippen MR) is 83.2 cm³/mol. The van der Waals surface area contributed by atoms with Crippen LogP contribution in [0.15, 0.2) is 12.1 Å². The fraction of sp³-hybridized carbons (Fsp3) is 0.625. The minimum absolute atomic E-state index is 0.935. The van der Waals surface area contributed by atoms with E-state index in [1.54, 1.807) is 0 Å². The Morgan fingerprint density at radius 3 is 2.53 bits per heavy atom. The average Bonchev–Trinajstić information content (AvgIpc) is 2.41. The normalized spacial score (nSPS) is 16.8. The molecule has 1 aliphatic heterocycles. The summed E-state index contributed by atoms with van der Waals surface area (Å²) in [5.74, 6) is 0. The summed E-state index contributed by atoms with van der Waals surface area (Å²) >= 11 is 6.31. The lowest BCUT2D eigenvalue weighted by Crippen LogP contribution is -2.43. The Morgan fingerprint density at radius 2 is 1.79 bits per heavy atom. The number of nitrogens with one attached hydrogen (secondary N) is 1. The van der Waals surface area contributed by atoms with Gasteiger partial charge in [0.1, 0.15) is 0 Å². The van der Waals surface area contributed by atoms with Crippen molar-refractivity contribution in [2.45, 2.75) is 33.1 Å². The van der Waals surface area contributed by atoms with Crippen LogP contribution < -0.4 is 5.32 Å². The van der Waals surface area contributed by atoms with Crippen molar-refractivity contribution < 1.29 is 0 Å². The van der Waals surface area contributed by atoms with Gasteiger partial charge in [0.05, 0.1) is 0 Å². The lowest BCUT2D eigenvalue weighted by Gasteiger charge is -2.27. The number of unbranched alkanes of at least 4 members (excludes halogenated alkanes) is 1. The fourth-order valence-electron chi connectivity index (χ4n) is 2.62. The van der Waals surface area contributed by atoms with Crippen molar-refractivity contribution in [2.24, 2.45) is 0 Å². The number of hydrogen-bond donors (Lipinski definition) is 1. The van der Waals surface area contributed by atoms with Crippen LogP contribution in [0.5, 0.6) is 0 Å². The highest BCUT2D eigenvalue weighted by Gasteiger charge is 2.09. The molecule has 0 saturated carbocycles. The molecule has 1 aromatic rings. The molecule has 0 bridgehead atoms. The van der Waals surface area contributed by atoms with Crippen LogP contribution >= 0.6 is 11.6 Å². The van der Waals surface area contributed by atoms with Crippen molar-refractivity contribution in [3.05, 3.63) is 33.8 Å². The molecule has 2 rings (SSSR count). The zero-order chi connectivity index (χ0) is 13.7. The summed E-state index contributed by atoms with van der Waals surface area (Å²) < 4.78 is 0. The van der Waals surface area contributed by atoms with Gasteiger partial charge in [-0.05, 0) is 62.4 Å². The molecule has 19 heavy (non-hydrogen) atoms. The highest BCUT2D eigenvalue weighted by Crippen LogP contribution is 2.22. The van der Waals surface area contributed by atoms with Gasteiger partial charge in [0.2, 0.25) is 0 Å². The highest BCUT2D eigenvalue weighted by molar-refractivity contribution is 6.31. The second-order valence-electron chi connectivity index (χ2n) is 5.58. The molecule has 3 heteroatoms. The highest BCUT2D eigenvalue weighted by atomic mass is 35.5. The maximum Gasteiger partial charge on any atom is 0.0440 e. The smallest absolute Gasteiger partial charge is 0.0440 e. The first-order valence-corrected chi connectivity index (χ1v) is 7.73. The third-order valence-electron chi connectivity index (χ3n) is 4.04. The number of hydrogen-bond acceptors (Lipinski definition) is 2. The molecule has 106 valence electrons. The molecular formula is C16H25ClN2. The predicted octanol–water partition coefficient (Wildman–Crippen LogP) is 3.18. The van der Waals surface area contributed by atoms with E-state index in [1.165, 1.54) is 49.2 Å². The number of piperazine rings is 1. The van der Waals surface area contributed by atoms with Crippen LogP contribution in [0.2, 0.25) is 5.02 Å². The van der Waals surface area contributed by atoms with Gasteiger partial charge in [-0.3, -0.25) is 0 Å². The van der Waals surface area contributed by atoms with E-state index in [4.69, 9.17) is 11.6 Å². The fourth-order valence-corrected chi connectivity index (χ4v) is 2.93. The zero-order valence-corrected chi connectivity index (χ0v) is 12.9. The number of rotatable bonds is 5. The number of aryl methyl sites for hydroxylation is 3. The average molecular weight is 281 g/mol. The van der Waals surface area contributed by atoms with E-state index in [0.717, 1.165) is 24.5 Å². The summed E-state index contributed by atoms with van der Waals surface area (Å²) in [6.07, 6.45) is 3.60. The summed E-state index contributed by atoms with van der Waals surface area (Å²) in [5.41, 5.74) is 3.95. The standard InChI is InChI=1S/C16H25ClN2/c1-13-11-15(16(17)12-14(13)2)5-3-4-8-19-9-6-18-7-10-19/h11-12,18H,3-10H2,1-2H3. The van der Waals surface area contributed by atoms with Gasteiger partial charge in [-0.15, -0.1) is 0 Å². The first-order chi connectivity index (χ1) is 9.16. The number of benzene rings is 1. The molecule has 0 radical (unpaired) electrons.